The summed E-state index contributed by atoms with van der Waals surface area (Å²) in [5.74, 6) is 0. The van der Waals surface area contributed by atoms with Crippen LogP contribution in [0.2, 0.25) is 19.6 Å². The Morgan fingerprint density at radius 1 is 0.621 bits per heavy atom. The van der Waals surface area contributed by atoms with Crippen LogP contribution in [-0.4, -0.2) is 15.5 Å². The van der Waals surface area contributed by atoms with Crippen molar-refractivity contribution < 1.29 is 0 Å². The highest BCUT2D eigenvalue weighted by Crippen LogP contribution is 2.20. The number of rotatable bonds is 4. The largest absolute Gasteiger partial charge is 0.248 e. The summed E-state index contributed by atoms with van der Waals surface area (Å²) >= 11 is 7.92. The van der Waals surface area contributed by atoms with Gasteiger partial charge in [0.05, 0.1) is 8.07 Å². The predicted molar refractivity (Wildman–Crippen MR) is 136 cm³/mol. The number of hydrogen-bond acceptors (Lipinski definition) is 0. The Kier molecular flexibility index (Phi) is 6.02. The summed E-state index contributed by atoms with van der Waals surface area (Å²) < 4.78 is 0. The predicted octanol–water partition coefficient (Wildman–Crippen LogP) is 4.98. The zero-order valence-corrected chi connectivity index (χ0v) is 21.8. The van der Waals surface area contributed by atoms with Crippen LogP contribution in [0.5, 0.6) is 0 Å². The van der Waals surface area contributed by atoms with Crippen LogP contribution in [0, 0.1) is 34.6 Å². The average molecular weight is 437 g/mol. The van der Waals surface area contributed by atoms with Gasteiger partial charge in [-0.25, -0.2) is 0 Å². The summed E-state index contributed by atoms with van der Waals surface area (Å²) in [6.07, 6.45) is 0. The van der Waals surface area contributed by atoms with Crippen molar-refractivity contribution in [3.05, 3.63) is 82.4 Å². The van der Waals surface area contributed by atoms with E-state index in [0.29, 0.717) is 0 Å². The molecule has 3 rings (SSSR count). The van der Waals surface area contributed by atoms with Gasteiger partial charge in [-0.3, -0.25) is 0 Å². The van der Waals surface area contributed by atoms with Gasteiger partial charge in [-0.05, 0) is 72.4 Å². The van der Waals surface area contributed by atoms with E-state index in [0.717, 1.165) is 0 Å². The van der Waals surface area contributed by atoms with Crippen LogP contribution in [0.3, 0.4) is 0 Å². The van der Waals surface area contributed by atoms with Crippen molar-refractivity contribution in [3.63, 3.8) is 0 Å². The molecule has 0 aliphatic carbocycles. The van der Waals surface area contributed by atoms with Crippen molar-refractivity contribution in [3.8, 4) is 0 Å². The first-order chi connectivity index (χ1) is 13.5. The lowest BCUT2D eigenvalue weighted by Crippen LogP contribution is -2.65. The molecule has 0 bridgehead atoms. The first-order valence-electron chi connectivity index (χ1n) is 10.4. The van der Waals surface area contributed by atoms with Crippen molar-refractivity contribution >= 4 is 47.3 Å². The molecule has 3 aromatic rings. The Balaban J connectivity index is 2.44. The van der Waals surface area contributed by atoms with Crippen molar-refractivity contribution in [2.24, 2.45) is 0 Å². The maximum absolute atomic E-state index is 7.92. The molecule has 0 spiro atoms. The fourth-order valence-corrected chi connectivity index (χ4v) is 10.8. The van der Waals surface area contributed by atoms with Crippen LogP contribution < -0.4 is 20.7 Å². The van der Waals surface area contributed by atoms with Gasteiger partial charge in [-0.15, -0.1) is 11.1 Å². The number of aryl methyl sites for hydroxylation is 3. The SMILES string of the molecule is Cc1cc([Si](C)(C)C)cc([Si](Cl)(c2cccc(C)c2C)c2cccc(C)c2C)c1. The maximum Gasteiger partial charge on any atom is 0.248 e. The molecule has 0 heterocycles. The summed E-state index contributed by atoms with van der Waals surface area (Å²) in [5, 5.41) is 5.44. The zero-order chi connectivity index (χ0) is 21.6. The van der Waals surface area contributed by atoms with Crippen LogP contribution in [0.4, 0.5) is 0 Å². The summed E-state index contributed by atoms with van der Waals surface area (Å²) in [7, 11) is -4.14. The summed E-state index contributed by atoms with van der Waals surface area (Å²) in [6.45, 7) is 18.3. The molecule has 0 aliphatic heterocycles. The van der Waals surface area contributed by atoms with Crippen molar-refractivity contribution in [2.75, 3.05) is 0 Å². The second-order valence-electron chi connectivity index (χ2n) is 9.49. The summed E-state index contributed by atoms with van der Waals surface area (Å²) in [6, 6.07) is 20.4. The van der Waals surface area contributed by atoms with Gasteiger partial charge in [-0.1, -0.05) is 85.0 Å². The topological polar surface area (TPSA) is 0 Å². The summed E-state index contributed by atoms with van der Waals surface area (Å²) in [4.78, 5) is 0. The molecule has 29 heavy (non-hydrogen) atoms. The Hall–Kier alpha value is -1.62. The van der Waals surface area contributed by atoms with Gasteiger partial charge in [0.2, 0.25) is 7.38 Å². The molecule has 3 aromatic carbocycles. The van der Waals surface area contributed by atoms with Gasteiger partial charge in [-0.2, -0.15) is 0 Å². The van der Waals surface area contributed by atoms with E-state index in [9.17, 15) is 0 Å². The van der Waals surface area contributed by atoms with E-state index in [1.165, 1.54) is 48.6 Å². The van der Waals surface area contributed by atoms with Crippen LogP contribution in [-0.2, 0) is 0 Å². The van der Waals surface area contributed by atoms with Crippen molar-refractivity contribution in [1.29, 1.82) is 0 Å². The minimum absolute atomic E-state index is 1.31. The van der Waals surface area contributed by atoms with Crippen LogP contribution in [0.25, 0.3) is 0 Å². The number of benzene rings is 3. The second kappa shape index (κ2) is 7.90. The molecule has 0 saturated carbocycles. The Labute approximate surface area is 183 Å². The molecule has 0 aliphatic rings. The monoisotopic (exact) mass is 436 g/mol. The van der Waals surface area contributed by atoms with E-state index in [1.807, 2.05) is 0 Å². The zero-order valence-electron chi connectivity index (χ0n) is 19.1. The molecule has 3 heteroatoms. The van der Waals surface area contributed by atoms with E-state index in [2.05, 4.69) is 109 Å². The quantitative estimate of drug-likeness (QED) is 0.307. The number of hydrogen-bond donors (Lipinski definition) is 0. The van der Waals surface area contributed by atoms with E-state index >= 15 is 0 Å². The molecule has 0 saturated heterocycles. The smallest absolute Gasteiger partial charge is 0.149 e. The Morgan fingerprint density at radius 3 is 1.52 bits per heavy atom. The lowest BCUT2D eigenvalue weighted by Gasteiger charge is -2.32. The Bertz CT molecular complexity index is 1010. The number of halogens is 1. The molecule has 0 N–H and O–H groups in total. The van der Waals surface area contributed by atoms with Gasteiger partial charge in [0, 0.05) is 0 Å². The summed E-state index contributed by atoms with van der Waals surface area (Å²) in [5.41, 5.74) is 6.58. The molecule has 0 nitrogen and oxygen atoms in total. The van der Waals surface area contributed by atoms with E-state index < -0.39 is 15.5 Å². The minimum Gasteiger partial charge on any atom is -0.149 e. The fraction of sp³-hybridized carbons (Fsp3) is 0.308. The minimum atomic E-state index is -2.68. The second-order valence-corrected chi connectivity index (χ2v) is 19.2. The molecular weight excluding hydrogens is 404 g/mol. The lowest BCUT2D eigenvalue weighted by molar-refractivity contribution is 1.35. The van der Waals surface area contributed by atoms with E-state index in [1.54, 1.807) is 0 Å². The highest BCUT2D eigenvalue weighted by molar-refractivity contribution is 7.40. The maximum atomic E-state index is 7.92. The van der Waals surface area contributed by atoms with Gasteiger partial charge in [0.25, 0.3) is 0 Å². The van der Waals surface area contributed by atoms with E-state index in [4.69, 9.17) is 11.1 Å². The molecule has 0 amide bonds. The lowest BCUT2D eigenvalue weighted by atomic mass is 10.1. The van der Waals surface area contributed by atoms with Gasteiger partial charge < -0.3 is 0 Å². The van der Waals surface area contributed by atoms with Crippen LogP contribution >= 0.6 is 11.1 Å². The standard InChI is InChI=1S/C26H33ClSi2/c1-18-15-23(28(6,7)8)17-24(16-18)29(27,25-13-9-11-19(2)21(25)4)26-14-10-12-20(3)22(26)5/h9-17H,1-8H3. The van der Waals surface area contributed by atoms with Crippen molar-refractivity contribution in [2.45, 2.75) is 54.3 Å². The van der Waals surface area contributed by atoms with E-state index in [-0.39, 0.29) is 0 Å². The van der Waals surface area contributed by atoms with Gasteiger partial charge in [0.1, 0.15) is 0 Å². The third-order valence-corrected chi connectivity index (χ3v) is 13.8. The van der Waals surface area contributed by atoms with Gasteiger partial charge in [0.15, 0.2) is 0 Å². The van der Waals surface area contributed by atoms with Crippen molar-refractivity contribution in [1.82, 2.24) is 0 Å². The third-order valence-electron chi connectivity index (χ3n) is 6.29. The molecule has 0 atom stereocenters. The molecule has 0 unspecified atom stereocenters. The van der Waals surface area contributed by atoms with Crippen LogP contribution in [0.15, 0.2) is 54.6 Å². The molecule has 0 radical (unpaired) electrons. The molecular formula is C26H33ClSi2. The Morgan fingerprint density at radius 2 is 1.07 bits per heavy atom. The average Bonchev–Trinajstić information content (AvgIpc) is 2.64. The molecule has 152 valence electrons. The fourth-order valence-electron chi connectivity index (χ4n) is 4.12. The molecule has 0 fully saturated rings. The normalized spacial score (nSPS) is 12.3. The highest BCUT2D eigenvalue weighted by Gasteiger charge is 2.41. The molecule has 0 aromatic heterocycles. The third kappa shape index (κ3) is 4.03. The first kappa shape index (κ1) is 22.1. The van der Waals surface area contributed by atoms with Crippen LogP contribution in [0.1, 0.15) is 27.8 Å². The first-order valence-corrected chi connectivity index (χ1v) is 16.9. The highest BCUT2D eigenvalue weighted by atomic mass is 35.6. The van der Waals surface area contributed by atoms with Gasteiger partial charge >= 0.3 is 0 Å².